The predicted molar refractivity (Wildman–Crippen MR) is 91.1 cm³/mol. The first-order chi connectivity index (χ1) is 11.7. The minimum absolute atomic E-state index is 0.0149. The second-order valence-electron chi connectivity index (χ2n) is 5.97. The molecule has 3 rings (SSSR count). The predicted octanol–water partition coefficient (Wildman–Crippen LogP) is 3.02. The Kier molecular flexibility index (Phi) is 5.15. The van der Waals surface area contributed by atoms with Gasteiger partial charge in [0.25, 0.3) is 0 Å². The van der Waals surface area contributed by atoms with Gasteiger partial charge in [-0.1, -0.05) is 42.4 Å². The first kappa shape index (κ1) is 16.5. The molecule has 1 aliphatic heterocycles. The summed E-state index contributed by atoms with van der Waals surface area (Å²) in [4.78, 5) is 14.4. The Morgan fingerprint density at radius 2 is 2.17 bits per heavy atom. The molecule has 0 aliphatic carbocycles. The van der Waals surface area contributed by atoms with Crippen LogP contribution in [0.5, 0.6) is 0 Å². The molecule has 1 N–H and O–H groups in total. The minimum Gasteiger partial charge on any atom is -0.374 e. The molecule has 1 atom stereocenters. The molecular formula is C18H23N3O3. The summed E-state index contributed by atoms with van der Waals surface area (Å²) in [5.41, 5.74) is 2.68. The van der Waals surface area contributed by atoms with E-state index in [1.165, 1.54) is 5.56 Å². The molecule has 128 valence electrons. The Hall–Kier alpha value is -2.34. The number of urea groups is 1. The second-order valence-corrected chi connectivity index (χ2v) is 5.97. The number of nitrogens with zero attached hydrogens (tertiary/aromatic N) is 2. The number of benzene rings is 1. The molecule has 0 bridgehead atoms. The number of carbonyl (C=O) groups is 1. The smallest absolute Gasteiger partial charge is 0.322 e. The summed E-state index contributed by atoms with van der Waals surface area (Å²) in [5, 5.41) is 6.91. The van der Waals surface area contributed by atoms with E-state index in [4.69, 9.17) is 9.26 Å². The quantitative estimate of drug-likeness (QED) is 0.936. The van der Waals surface area contributed by atoms with Gasteiger partial charge in [0.1, 0.15) is 11.4 Å². The van der Waals surface area contributed by atoms with Crippen molar-refractivity contribution in [2.75, 3.05) is 25.0 Å². The van der Waals surface area contributed by atoms with E-state index < -0.39 is 0 Å². The fourth-order valence-corrected chi connectivity index (χ4v) is 2.91. The van der Waals surface area contributed by atoms with Crippen molar-refractivity contribution in [3.63, 3.8) is 0 Å². The molecule has 2 aromatic rings. The van der Waals surface area contributed by atoms with Gasteiger partial charge in [0.05, 0.1) is 12.7 Å². The lowest BCUT2D eigenvalue weighted by Gasteiger charge is -2.33. The Balaban J connectivity index is 1.61. The van der Waals surface area contributed by atoms with Crippen LogP contribution in [0, 0.1) is 6.92 Å². The third-order valence-electron chi connectivity index (χ3n) is 4.23. The molecule has 0 spiro atoms. The molecule has 6 heteroatoms. The van der Waals surface area contributed by atoms with E-state index in [0.717, 1.165) is 12.1 Å². The maximum atomic E-state index is 12.6. The van der Waals surface area contributed by atoms with Gasteiger partial charge in [-0.3, -0.25) is 0 Å². The van der Waals surface area contributed by atoms with Gasteiger partial charge in [0, 0.05) is 19.5 Å². The monoisotopic (exact) mass is 329 g/mol. The van der Waals surface area contributed by atoms with Crippen molar-refractivity contribution in [3.05, 3.63) is 47.3 Å². The van der Waals surface area contributed by atoms with Crippen LogP contribution in [-0.4, -0.2) is 41.9 Å². The van der Waals surface area contributed by atoms with E-state index in [-0.39, 0.29) is 12.1 Å². The van der Waals surface area contributed by atoms with E-state index in [2.05, 4.69) is 22.6 Å². The number of amides is 2. The first-order valence-electron chi connectivity index (χ1n) is 8.34. The van der Waals surface area contributed by atoms with Gasteiger partial charge in [-0.2, -0.15) is 0 Å². The van der Waals surface area contributed by atoms with Crippen molar-refractivity contribution in [1.82, 2.24) is 10.1 Å². The number of ether oxygens (including phenoxy) is 1. The lowest BCUT2D eigenvalue weighted by molar-refractivity contribution is -0.0113. The third-order valence-corrected chi connectivity index (χ3v) is 4.23. The van der Waals surface area contributed by atoms with E-state index in [0.29, 0.717) is 37.6 Å². The van der Waals surface area contributed by atoms with Crippen LogP contribution >= 0.6 is 0 Å². The van der Waals surface area contributed by atoms with Crippen molar-refractivity contribution in [2.45, 2.75) is 32.8 Å². The highest BCUT2D eigenvalue weighted by atomic mass is 16.5. The SMILES string of the molecule is CCc1noc(C)c1NC(=O)N1CCO[C@H](Cc2ccccc2)C1. The van der Waals surface area contributed by atoms with Gasteiger partial charge in [-0.05, 0) is 18.9 Å². The zero-order valence-corrected chi connectivity index (χ0v) is 14.1. The molecule has 0 unspecified atom stereocenters. The van der Waals surface area contributed by atoms with Crippen LogP contribution in [0.2, 0.25) is 0 Å². The summed E-state index contributed by atoms with van der Waals surface area (Å²) in [6.45, 7) is 5.50. The highest BCUT2D eigenvalue weighted by molar-refractivity contribution is 5.90. The average molecular weight is 329 g/mol. The minimum atomic E-state index is -0.127. The van der Waals surface area contributed by atoms with Crippen LogP contribution < -0.4 is 5.32 Å². The fourth-order valence-electron chi connectivity index (χ4n) is 2.91. The summed E-state index contributed by atoms with van der Waals surface area (Å²) < 4.78 is 11.0. The van der Waals surface area contributed by atoms with E-state index in [9.17, 15) is 4.79 Å². The number of hydrogen-bond acceptors (Lipinski definition) is 4. The van der Waals surface area contributed by atoms with Gasteiger partial charge < -0.3 is 19.5 Å². The summed E-state index contributed by atoms with van der Waals surface area (Å²) in [5.74, 6) is 0.634. The Morgan fingerprint density at radius 1 is 1.38 bits per heavy atom. The van der Waals surface area contributed by atoms with Crippen molar-refractivity contribution in [3.8, 4) is 0 Å². The van der Waals surface area contributed by atoms with Crippen LogP contribution in [0.15, 0.2) is 34.9 Å². The van der Waals surface area contributed by atoms with Crippen molar-refractivity contribution >= 4 is 11.7 Å². The standard InChI is InChI=1S/C18H23N3O3/c1-3-16-17(13(2)24-20-16)19-18(22)21-9-10-23-15(12-21)11-14-7-5-4-6-8-14/h4-8,15H,3,9-12H2,1-2H3,(H,19,22)/t15-/m1/s1. The highest BCUT2D eigenvalue weighted by Crippen LogP contribution is 2.21. The van der Waals surface area contributed by atoms with Crippen LogP contribution in [0.4, 0.5) is 10.5 Å². The van der Waals surface area contributed by atoms with Gasteiger partial charge in [-0.15, -0.1) is 0 Å². The fraction of sp³-hybridized carbons (Fsp3) is 0.444. The van der Waals surface area contributed by atoms with Crippen LogP contribution in [-0.2, 0) is 17.6 Å². The second kappa shape index (κ2) is 7.49. The average Bonchev–Trinajstić information content (AvgIpc) is 2.96. The van der Waals surface area contributed by atoms with Gasteiger partial charge in [-0.25, -0.2) is 4.79 Å². The number of morpholine rings is 1. The lowest BCUT2D eigenvalue weighted by Crippen LogP contribution is -2.48. The van der Waals surface area contributed by atoms with Crippen molar-refractivity contribution < 1.29 is 14.1 Å². The molecule has 1 aromatic heterocycles. The molecule has 0 saturated carbocycles. The molecule has 24 heavy (non-hydrogen) atoms. The third kappa shape index (κ3) is 3.76. The Labute approximate surface area is 141 Å². The number of nitrogens with one attached hydrogen (secondary N) is 1. The molecule has 0 radical (unpaired) electrons. The van der Waals surface area contributed by atoms with Crippen molar-refractivity contribution in [2.24, 2.45) is 0 Å². The largest absolute Gasteiger partial charge is 0.374 e. The lowest BCUT2D eigenvalue weighted by atomic mass is 10.1. The van der Waals surface area contributed by atoms with E-state index in [1.807, 2.05) is 25.1 Å². The normalized spacial score (nSPS) is 17.8. The molecule has 6 nitrogen and oxygen atoms in total. The molecule has 1 fully saturated rings. The van der Waals surface area contributed by atoms with E-state index >= 15 is 0 Å². The van der Waals surface area contributed by atoms with Crippen LogP contribution in [0.1, 0.15) is 23.9 Å². The molecule has 2 heterocycles. The van der Waals surface area contributed by atoms with Gasteiger partial charge in [0.15, 0.2) is 5.76 Å². The molecule has 2 amide bonds. The molecular weight excluding hydrogens is 306 g/mol. The zero-order chi connectivity index (χ0) is 16.9. The maximum absolute atomic E-state index is 12.6. The maximum Gasteiger partial charge on any atom is 0.322 e. The number of aromatic nitrogens is 1. The van der Waals surface area contributed by atoms with Gasteiger partial charge >= 0.3 is 6.03 Å². The van der Waals surface area contributed by atoms with Crippen molar-refractivity contribution in [1.29, 1.82) is 0 Å². The molecule has 1 aromatic carbocycles. The van der Waals surface area contributed by atoms with E-state index in [1.54, 1.807) is 11.8 Å². The zero-order valence-electron chi connectivity index (χ0n) is 14.1. The summed E-state index contributed by atoms with van der Waals surface area (Å²) >= 11 is 0. The first-order valence-corrected chi connectivity index (χ1v) is 8.34. The molecule has 1 saturated heterocycles. The number of anilines is 1. The number of rotatable bonds is 4. The van der Waals surface area contributed by atoms with Crippen LogP contribution in [0.25, 0.3) is 0 Å². The Bertz CT molecular complexity index is 684. The Morgan fingerprint density at radius 3 is 2.92 bits per heavy atom. The number of aryl methyl sites for hydroxylation is 2. The number of hydrogen-bond donors (Lipinski definition) is 1. The van der Waals surface area contributed by atoms with Crippen LogP contribution in [0.3, 0.4) is 0 Å². The summed E-state index contributed by atoms with van der Waals surface area (Å²) in [6.07, 6.45) is 1.53. The topological polar surface area (TPSA) is 67.6 Å². The number of carbonyl (C=O) groups excluding carboxylic acids is 1. The molecule has 1 aliphatic rings. The summed E-state index contributed by atoms with van der Waals surface area (Å²) in [7, 11) is 0. The summed E-state index contributed by atoms with van der Waals surface area (Å²) in [6, 6.07) is 10.1. The van der Waals surface area contributed by atoms with Gasteiger partial charge in [0.2, 0.25) is 0 Å². The highest BCUT2D eigenvalue weighted by Gasteiger charge is 2.26.